The second-order valence-corrected chi connectivity index (χ2v) is 23.2. The molecule has 0 aromatic rings. The fraction of sp³-hybridized carbons (Fsp3) is 0.871. The van der Waals surface area contributed by atoms with E-state index in [4.69, 9.17) is 0 Å². The molecular weight excluding hydrogens is 903 g/mol. The van der Waals surface area contributed by atoms with Crippen LogP contribution in [0, 0.1) is 0 Å². The molecule has 2 atom stereocenters. The predicted molar refractivity (Wildman–Crippen MR) is 331 cm³/mol. The molecule has 0 aromatic heterocycles. The van der Waals surface area contributed by atoms with Crippen molar-refractivity contribution < 1.29 is 15.0 Å². The first-order valence-electron chi connectivity index (χ1n) is 33.9. The Labute approximate surface area is 464 Å². The van der Waals surface area contributed by atoms with Gasteiger partial charge in [0.1, 0.15) is 0 Å². The first-order chi connectivity index (χ1) is 36.7. The molecule has 1 amide bonds. The highest BCUT2D eigenvalue weighted by Gasteiger charge is 2.18. The highest BCUT2D eigenvalue weighted by atomic mass is 16.3. The van der Waals surface area contributed by atoms with E-state index in [1.807, 2.05) is 6.08 Å². The van der Waals surface area contributed by atoms with Gasteiger partial charge >= 0.3 is 0 Å². The normalized spacial score (nSPS) is 13.0. The second kappa shape index (κ2) is 65.6. The van der Waals surface area contributed by atoms with Gasteiger partial charge in [0.2, 0.25) is 5.91 Å². The Hall–Kier alpha value is -1.65. The van der Waals surface area contributed by atoms with Gasteiger partial charge in [0, 0.05) is 6.42 Å². The van der Waals surface area contributed by atoms with Crippen molar-refractivity contribution in [2.45, 2.75) is 386 Å². The molecule has 0 aromatic carbocycles. The number of carbonyl (C=O) groups excluding carboxylic acids is 1. The third-order valence-corrected chi connectivity index (χ3v) is 15.8. The molecule has 4 nitrogen and oxygen atoms in total. The van der Waals surface area contributed by atoms with Crippen LogP contribution in [0.3, 0.4) is 0 Å². The number of unbranched alkanes of at least 4 members (excludes halogenated alkanes) is 50. The zero-order valence-electron chi connectivity index (χ0n) is 50.4. The molecule has 74 heavy (non-hydrogen) atoms. The maximum Gasteiger partial charge on any atom is 0.220 e. The standard InChI is InChI=1S/C70H133NO3/c1-3-5-7-9-11-13-15-17-19-21-23-25-27-28-29-30-31-32-33-34-35-36-37-38-39-40-41-42-44-46-48-50-52-54-56-58-60-62-64-66-70(74)71-68(67-72)69(73)65-63-61-59-57-55-53-51-49-47-45-43-26-24-22-20-18-16-14-12-10-8-6-4-2/h31-32,34-35,55,57,63,65,68-69,72-73H,3-30,33,36-54,56,58-62,64,66-67H2,1-2H3,(H,71,74)/b32-31-,35-34-,57-55+,65-63+. The minimum absolute atomic E-state index is 0.0683. The Bertz CT molecular complexity index is 1170. The van der Waals surface area contributed by atoms with Gasteiger partial charge in [-0.15, -0.1) is 0 Å². The molecule has 436 valence electrons. The number of amides is 1. The van der Waals surface area contributed by atoms with Gasteiger partial charge in [-0.2, -0.15) is 0 Å². The van der Waals surface area contributed by atoms with Crippen molar-refractivity contribution >= 4 is 5.91 Å². The zero-order chi connectivity index (χ0) is 53.4. The minimum Gasteiger partial charge on any atom is -0.394 e. The second-order valence-electron chi connectivity index (χ2n) is 23.2. The van der Waals surface area contributed by atoms with Crippen molar-refractivity contribution in [2.75, 3.05) is 6.61 Å². The molecule has 0 aliphatic carbocycles. The highest BCUT2D eigenvalue weighted by Crippen LogP contribution is 2.18. The summed E-state index contributed by atoms with van der Waals surface area (Å²) in [5.74, 6) is -0.0683. The Morgan fingerprint density at radius 3 is 0.865 bits per heavy atom. The van der Waals surface area contributed by atoms with Crippen molar-refractivity contribution in [3.05, 3.63) is 48.6 Å². The number of aliphatic hydroxyl groups excluding tert-OH is 2. The molecule has 4 heteroatoms. The van der Waals surface area contributed by atoms with Gasteiger partial charge in [0.25, 0.3) is 0 Å². The number of carbonyl (C=O) groups is 1. The molecule has 2 unspecified atom stereocenters. The SMILES string of the molecule is CCCCCCCCCCCCCCCCC/C=C\C/C=C\CCCCCCCCCCCCCCCCCCCC(=O)NC(CO)C(O)/C=C/CC/C=C/CCCCCCCCCCCCCCCCCCC. The summed E-state index contributed by atoms with van der Waals surface area (Å²) in [5, 5.41) is 23.2. The number of allylic oxidation sites excluding steroid dienone is 7. The van der Waals surface area contributed by atoms with Crippen molar-refractivity contribution in [2.24, 2.45) is 0 Å². The van der Waals surface area contributed by atoms with Gasteiger partial charge in [-0.25, -0.2) is 0 Å². The summed E-state index contributed by atoms with van der Waals surface area (Å²) in [5.41, 5.74) is 0. The summed E-state index contributed by atoms with van der Waals surface area (Å²) in [6.45, 7) is 4.34. The van der Waals surface area contributed by atoms with Crippen LogP contribution in [0.25, 0.3) is 0 Å². The number of nitrogens with one attached hydrogen (secondary N) is 1. The Morgan fingerprint density at radius 1 is 0.324 bits per heavy atom. The lowest BCUT2D eigenvalue weighted by atomic mass is 10.0. The Balaban J connectivity index is 3.45. The van der Waals surface area contributed by atoms with Crippen LogP contribution in [0.4, 0.5) is 0 Å². The van der Waals surface area contributed by atoms with E-state index in [1.54, 1.807) is 6.08 Å². The van der Waals surface area contributed by atoms with Crippen LogP contribution in [0.5, 0.6) is 0 Å². The van der Waals surface area contributed by atoms with Crippen LogP contribution in [-0.2, 0) is 4.79 Å². The van der Waals surface area contributed by atoms with Crippen molar-refractivity contribution in [1.29, 1.82) is 0 Å². The minimum atomic E-state index is -0.864. The summed E-state index contributed by atoms with van der Waals surface area (Å²) >= 11 is 0. The van der Waals surface area contributed by atoms with Crippen LogP contribution >= 0.6 is 0 Å². The quantitative estimate of drug-likeness (QED) is 0.0420. The van der Waals surface area contributed by atoms with Crippen molar-refractivity contribution in [3.63, 3.8) is 0 Å². The Morgan fingerprint density at radius 2 is 0.568 bits per heavy atom. The fourth-order valence-corrected chi connectivity index (χ4v) is 10.6. The largest absolute Gasteiger partial charge is 0.394 e. The highest BCUT2D eigenvalue weighted by molar-refractivity contribution is 5.76. The molecule has 3 N–H and O–H groups in total. The van der Waals surface area contributed by atoms with Gasteiger partial charge in [0.15, 0.2) is 0 Å². The van der Waals surface area contributed by atoms with E-state index in [2.05, 4.69) is 55.6 Å². The van der Waals surface area contributed by atoms with E-state index < -0.39 is 12.1 Å². The average molecular weight is 1040 g/mol. The topological polar surface area (TPSA) is 69.6 Å². The summed E-state index contributed by atoms with van der Waals surface area (Å²) in [4.78, 5) is 12.5. The van der Waals surface area contributed by atoms with E-state index in [9.17, 15) is 15.0 Å². The van der Waals surface area contributed by atoms with Gasteiger partial charge in [-0.05, 0) is 64.2 Å². The lowest BCUT2D eigenvalue weighted by molar-refractivity contribution is -0.123. The lowest BCUT2D eigenvalue weighted by Gasteiger charge is -2.19. The summed E-state index contributed by atoms with van der Waals surface area (Å²) < 4.78 is 0. The maximum atomic E-state index is 12.5. The third kappa shape index (κ3) is 61.2. The number of hydrogen-bond acceptors (Lipinski definition) is 3. The third-order valence-electron chi connectivity index (χ3n) is 15.8. The van der Waals surface area contributed by atoms with E-state index in [0.29, 0.717) is 6.42 Å². The van der Waals surface area contributed by atoms with E-state index >= 15 is 0 Å². The number of hydrogen-bond donors (Lipinski definition) is 3. The molecule has 0 bridgehead atoms. The van der Waals surface area contributed by atoms with Crippen molar-refractivity contribution in [3.8, 4) is 0 Å². The summed E-state index contributed by atoms with van der Waals surface area (Å²) in [7, 11) is 0. The molecule has 0 spiro atoms. The van der Waals surface area contributed by atoms with Crippen LogP contribution in [0.2, 0.25) is 0 Å². The maximum absolute atomic E-state index is 12.5. The smallest absolute Gasteiger partial charge is 0.220 e. The van der Waals surface area contributed by atoms with E-state index in [1.165, 1.54) is 315 Å². The molecule has 0 saturated heterocycles. The number of aliphatic hydroxyl groups is 2. The first kappa shape index (κ1) is 72.3. The zero-order valence-corrected chi connectivity index (χ0v) is 50.4. The molecule has 0 rings (SSSR count). The molecule has 0 heterocycles. The first-order valence-corrected chi connectivity index (χ1v) is 33.9. The molecule has 0 fully saturated rings. The molecular formula is C70H133NO3. The fourth-order valence-electron chi connectivity index (χ4n) is 10.6. The average Bonchev–Trinajstić information content (AvgIpc) is 3.40. The van der Waals surface area contributed by atoms with Crippen LogP contribution < -0.4 is 5.32 Å². The van der Waals surface area contributed by atoms with Gasteiger partial charge < -0.3 is 15.5 Å². The lowest BCUT2D eigenvalue weighted by Crippen LogP contribution is -2.45. The monoisotopic (exact) mass is 1040 g/mol. The molecule has 0 aliphatic rings. The molecule has 0 aliphatic heterocycles. The summed E-state index contributed by atoms with van der Waals surface area (Å²) in [6, 6.07) is -0.641. The number of rotatable bonds is 63. The van der Waals surface area contributed by atoms with Gasteiger partial charge in [0.05, 0.1) is 18.8 Å². The Kier molecular flexibility index (Phi) is 64.2. The predicted octanol–water partition coefficient (Wildman–Crippen LogP) is 22.9. The van der Waals surface area contributed by atoms with Gasteiger partial charge in [-0.1, -0.05) is 351 Å². The van der Waals surface area contributed by atoms with Crippen LogP contribution in [0.15, 0.2) is 48.6 Å². The van der Waals surface area contributed by atoms with Crippen LogP contribution in [-0.4, -0.2) is 34.9 Å². The van der Waals surface area contributed by atoms with Crippen LogP contribution in [0.1, 0.15) is 373 Å². The summed E-state index contributed by atoms with van der Waals surface area (Å²) in [6.07, 6.45) is 92.0. The van der Waals surface area contributed by atoms with Crippen molar-refractivity contribution in [1.82, 2.24) is 5.32 Å². The molecule has 0 saturated carbocycles. The van der Waals surface area contributed by atoms with E-state index in [-0.39, 0.29) is 12.5 Å². The van der Waals surface area contributed by atoms with Gasteiger partial charge in [-0.3, -0.25) is 4.79 Å². The van der Waals surface area contributed by atoms with E-state index in [0.717, 1.165) is 38.5 Å². The molecule has 0 radical (unpaired) electrons.